The lowest BCUT2D eigenvalue weighted by Crippen LogP contribution is -2.22. The number of oxazole rings is 1. The fourth-order valence-electron chi connectivity index (χ4n) is 2.11. The molecule has 0 amide bonds. The highest BCUT2D eigenvalue weighted by Gasteiger charge is 2.34. The molecule has 0 spiro atoms. The van der Waals surface area contributed by atoms with Gasteiger partial charge < -0.3 is 10.2 Å². The molecule has 1 aliphatic heterocycles. The standard InChI is InChI=1S/C10H16N2O3S/c1-7-10(12-9(6-11)15-7)8-4-2-3-5-16(8,13)14/h8H,2-6,11H2,1H3. The zero-order valence-corrected chi connectivity index (χ0v) is 10.1. The maximum Gasteiger partial charge on any atom is 0.208 e. The number of nitrogens with zero attached hydrogens (tertiary/aromatic N) is 1. The second-order valence-corrected chi connectivity index (χ2v) is 6.41. The van der Waals surface area contributed by atoms with Gasteiger partial charge >= 0.3 is 0 Å². The lowest BCUT2D eigenvalue weighted by molar-refractivity contribution is 0.471. The van der Waals surface area contributed by atoms with Crippen LogP contribution in [0.3, 0.4) is 0 Å². The first-order chi connectivity index (χ1) is 7.54. The molecule has 1 aliphatic rings. The Hall–Kier alpha value is -0.880. The molecular formula is C10H16N2O3S. The van der Waals surface area contributed by atoms with Gasteiger partial charge in [-0.25, -0.2) is 13.4 Å². The number of aryl methyl sites for hydroxylation is 1. The molecule has 1 saturated heterocycles. The Morgan fingerprint density at radius 3 is 2.81 bits per heavy atom. The van der Waals surface area contributed by atoms with Gasteiger partial charge in [-0.1, -0.05) is 6.42 Å². The summed E-state index contributed by atoms with van der Waals surface area (Å²) in [4.78, 5) is 4.18. The van der Waals surface area contributed by atoms with Crippen LogP contribution in [-0.2, 0) is 16.4 Å². The maximum atomic E-state index is 11.9. The highest BCUT2D eigenvalue weighted by Crippen LogP contribution is 2.34. The summed E-state index contributed by atoms with van der Waals surface area (Å²) in [5.41, 5.74) is 5.98. The second-order valence-electron chi connectivity index (χ2n) is 4.10. The first kappa shape index (κ1) is 11.6. The third-order valence-electron chi connectivity index (χ3n) is 2.94. The van der Waals surface area contributed by atoms with Crippen molar-refractivity contribution in [3.63, 3.8) is 0 Å². The van der Waals surface area contributed by atoms with Gasteiger partial charge in [0.15, 0.2) is 9.84 Å². The van der Waals surface area contributed by atoms with Crippen LogP contribution in [-0.4, -0.2) is 19.2 Å². The van der Waals surface area contributed by atoms with E-state index < -0.39 is 15.1 Å². The Labute approximate surface area is 95.0 Å². The molecule has 2 heterocycles. The topological polar surface area (TPSA) is 86.2 Å². The van der Waals surface area contributed by atoms with Gasteiger partial charge in [0.2, 0.25) is 5.89 Å². The molecule has 0 saturated carbocycles. The fraction of sp³-hybridized carbons (Fsp3) is 0.700. The van der Waals surface area contributed by atoms with E-state index in [0.29, 0.717) is 23.8 Å². The molecule has 1 aromatic heterocycles. The van der Waals surface area contributed by atoms with Crippen molar-refractivity contribution in [2.45, 2.75) is 38.0 Å². The van der Waals surface area contributed by atoms with E-state index in [9.17, 15) is 8.42 Å². The minimum Gasteiger partial charge on any atom is -0.444 e. The molecule has 1 fully saturated rings. The van der Waals surface area contributed by atoms with Crippen LogP contribution in [0.5, 0.6) is 0 Å². The third-order valence-corrected chi connectivity index (χ3v) is 5.12. The molecule has 0 radical (unpaired) electrons. The number of aromatic nitrogens is 1. The summed E-state index contributed by atoms with van der Waals surface area (Å²) in [5.74, 6) is 1.24. The molecule has 16 heavy (non-hydrogen) atoms. The summed E-state index contributed by atoms with van der Waals surface area (Å²) in [5, 5.41) is -0.495. The minimum atomic E-state index is -3.06. The number of hydrogen-bond acceptors (Lipinski definition) is 5. The molecule has 0 bridgehead atoms. The average Bonchev–Trinajstić information content (AvgIpc) is 2.59. The summed E-state index contributed by atoms with van der Waals surface area (Å²) < 4.78 is 29.1. The smallest absolute Gasteiger partial charge is 0.208 e. The minimum absolute atomic E-state index is 0.202. The third kappa shape index (κ3) is 1.99. The van der Waals surface area contributed by atoms with Crippen LogP contribution >= 0.6 is 0 Å². The molecule has 5 nitrogen and oxygen atoms in total. The van der Waals surface area contributed by atoms with Crippen molar-refractivity contribution in [1.82, 2.24) is 4.98 Å². The van der Waals surface area contributed by atoms with Gasteiger partial charge in [0.25, 0.3) is 0 Å². The summed E-state index contributed by atoms with van der Waals surface area (Å²) in [6, 6.07) is 0. The van der Waals surface area contributed by atoms with Gasteiger partial charge in [-0.3, -0.25) is 0 Å². The predicted molar refractivity (Wildman–Crippen MR) is 59.5 cm³/mol. The highest BCUT2D eigenvalue weighted by atomic mass is 32.2. The molecule has 2 N–H and O–H groups in total. The van der Waals surface area contributed by atoms with Crippen molar-refractivity contribution in [2.75, 3.05) is 5.75 Å². The van der Waals surface area contributed by atoms with Crippen molar-refractivity contribution in [3.8, 4) is 0 Å². The largest absolute Gasteiger partial charge is 0.444 e. The molecule has 0 aromatic carbocycles. The lowest BCUT2D eigenvalue weighted by Gasteiger charge is -2.20. The molecule has 6 heteroatoms. The van der Waals surface area contributed by atoms with Gasteiger partial charge in [-0.15, -0.1) is 0 Å². The predicted octanol–water partition coefficient (Wildman–Crippen LogP) is 1.08. The van der Waals surface area contributed by atoms with Crippen LogP contribution in [0, 0.1) is 6.92 Å². The van der Waals surface area contributed by atoms with Crippen LogP contribution in [0.25, 0.3) is 0 Å². The molecule has 90 valence electrons. The molecule has 1 atom stereocenters. The fourth-order valence-corrected chi connectivity index (χ4v) is 4.09. The number of rotatable bonds is 2. The summed E-state index contributed by atoms with van der Waals surface area (Å²) in [6.07, 6.45) is 2.31. The molecule has 2 rings (SSSR count). The van der Waals surface area contributed by atoms with Crippen molar-refractivity contribution < 1.29 is 12.8 Å². The maximum absolute atomic E-state index is 11.9. The van der Waals surface area contributed by atoms with E-state index >= 15 is 0 Å². The monoisotopic (exact) mass is 244 g/mol. The molecule has 1 unspecified atom stereocenters. The Morgan fingerprint density at radius 1 is 1.50 bits per heavy atom. The van der Waals surface area contributed by atoms with Crippen LogP contribution in [0.4, 0.5) is 0 Å². The van der Waals surface area contributed by atoms with Crippen LogP contribution < -0.4 is 5.73 Å². The van der Waals surface area contributed by atoms with Crippen molar-refractivity contribution in [1.29, 1.82) is 0 Å². The van der Waals surface area contributed by atoms with E-state index in [0.717, 1.165) is 12.8 Å². The second kappa shape index (κ2) is 4.18. The summed E-state index contributed by atoms with van der Waals surface area (Å²) >= 11 is 0. The molecule has 1 aromatic rings. The van der Waals surface area contributed by atoms with Gasteiger partial charge in [0, 0.05) is 0 Å². The Morgan fingerprint density at radius 2 is 2.25 bits per heavy atom. The van der Waals surface area contributed by atoms with E-state index in [1.165, 1.54) is 0 Å². The normalized spacial score (nSPS) is 24.5. The van der Waals surface area contributed by atoms with Gasteiger partial charge in [-0.05, 0) is 19.8 Å². The highest BCUT2D eigenvalue weighted by molar-refractivity contribution is 7.91. The van der Waals surface area contributed by atoms with Crippen LogP contribution in [0.1, 0.15) is 41.9 Å². The summed E-state index contributed by atoms with van der Waals surface area (Å²) in [6.45, 7) is 1.94. The van der Waals surface area contributed by atoms with E-state index in [4.69, 9.17) is 10.2 Å². The zero-order valence-electron chi connectivity index (χ0n) is 9.27. The first-order valence-electron chi connectivity index (χ1n) is 5.42. The van der Waals surface area contributed by atoms with Crippen molar-refractivity contribution >= 4 is 9.84 Å². The summed E-state index contributed by atoms with van der Waals surface area (Å²) in [7, 11) is -3.06. The quantitative estimate of drug-likeness (QED) is 0.841. The Kier molecular flexibility index (Phi) is 3.03. The van der Waals surface area contributed by atoms with Crippen molar-refractivity contribution in [3.05, 3.63) is 17.3 Å². The lowest BCUT2D eigenvalue weighted by atomic mass is 10.1. The van der Waals surface area contributed by atoms with Gasteiger partial charge in [-0.2, -0.15) is 0 Å². The van der Waals surface area contributed by atoms with E-state index in [1.54, 1.807) is 6.92 Å². The van der Waals surface area contributed by atoms with Crippen molar-refractivity contribution in [2.24, 2.45) is 5.73 Å². The number of nitrogens with two attached hydrogens (primary N) is 1. The van der Waals surface area contributed by atoms with E-state index in [2.05, 4.69) is 4.98 Å². The number of sulfone groups is 1. The average molecular weight is 244 g/mol. The number of hydrogen-bond donors (Lipinski definition) is 1. The zero-order chi connectivity index (χ0) is 11.8. The Bertz CT molecular complexity index is 478. The molecular weight excluding hydrogens is 228 g/mol. The van der Waals surface area contributed by atoms with Crippen LogP contribution in [0.2, 0.25) is 0 Å². The molecule has 0 aliphatic carbocycles. The van der Waals surface area contributed by atoms with E-state index in [-0.39, 0.29) is 12.3 Å². The Balaban J connectivity index is 2.38. The van der Waals surface area contributed by atoms with Crippen LogP contribution in [0.15, 0.2) is 4.42 Å². The first-order valence-corrected chi connectivity index (χ1v) is 7.14. The van der Waals surface area contributed by atoms with Gasteiger partial charge in [0.1, 0.15) is 16.7 Å². The van der Waals surface area contributed by atoms with E-state index in [1.807, 2.05) is 0 Å². The SMILES string of the molecule is Cc1oc(CN)nc1C1CCCCS1(=O)=O. The van der Waals surface area contributed by atoms with Gasteiger partial charge in [0.05, 0.1) is 12.3 Å².